The van der Waals surface area contributed by atoms with Crippen molar-refractivity contribution in [3.63, 3.8) is 0 Å². The van der Waals surface area contributed by atoms with Gasteiger partial charge in [-0.15, -0.1) is 0 Å². The largest absolute Gasteiger partial charge is 0.480 e. The summed E-state index contributed by atoms with van der Waals surface area (Å²) in [5, 5.41) is 9.03. The highest BCUT2D eigenvalue weighted by molar-refractivity contribution is 9.10. The zero-order valence-corrected chi connectivity index (χ0v) is 10.2. The molecule has 1 unspecified atom stereocenters. The molecule has 1 rings (SSSR count). The fourth-order valence-electron chi connectivity index (χ4n) is 1.30. The lowest BCUT2D eigenvalue weighted by atomic mass is 10.00. The molecule has 0 saturated heterocycles. The van der Waals surface area contributed by atoms with Crippen LogP contribution in [0, 0.1) is 0 Å². The Morgan fingerprint density at radius 1 is 1.44 bits per heavy atom. The van der Waals surface area contributed by atoms with E-state index in [4.69, 9.17) is 9.84 Å². The first-order valence-corrected chi connectivity index (χ1v) is 5.51. The molecule has 86 valence electrons. The van der Waals surface area contributed by atoms with Gasteiger partial charge in [-0.3, -0.25) is 9.59 Å². The minimum Gasteiger partial charge on any atom is -0.480 e. The number of carboxylic acids is 1. The molecule has 0 aromatic heterocycles. The molecule has 0 aliphatic heterocycles. The molecular weight excluding hydrogens is 276 g/mol. The summed E-state index contributed by atoms with van der Waals surface area (Å²) in [6, 6.07) is 6.69. The maximum atomic E-state index is 11.5. The van der Waals surface area contributed by atoms with Crippen molar-refractivity contribution < 1.29 is 19.4 Å². The first-order valence-electron chi connectivity index (χ1n) is 4.71. The van der Waals surface area contributed by atoms with Crippen LogP contribution in [0.5, 0.6) is 0 Å². The van der Waals surface area contributed by atoms with E-state index < -0.39 is 17.9 Å². The first kappa shape index (κ1) is 12.7. The predicted molar refractivity (Wildman–Crippen MR) is 61.2 cm³/mol. The number of rotatable bonds is 4. The van der Waals surface area contributed by atoms with Crippen molar-refractivity contribution in [3.8, 4) is 0 Å². The highest BCUT2D eigenvalue weighted by Gasteiger charge is 2.30. The Morgan fingerprint density at radius 2 is 2.06 bits per heavy atom. The number of carbonyl (C=O) groups is 2. The SMILES string of the molecule is CCOC(=O)C(C(=O)O)c1ccccc1Br. The summed E-state index contributed by atoms with van der Waals surface area (Å²) in [6.07, 6.45) is 0. The number of ether oxygens (including phenoxy) is 1. The molecule has 0 aliphatic rings. The molecule has 0 heterocycles. The molecule has 1 atom stereocenters. The highest BCUT2D eigenvalue weighted by Crippen LogP contribution is 2.26. The molecular formula is C11H11BrO4. The van der Waals surface area contributed by atoms with Crippen LogP contribution >= 0.6 is 15.9 Å². The van der Waals surface area contributed by atoms with Crippen LogP contribution in [0.25, 0.3) is 0 Å². The van der Waals surface area contributed by atoms with Crippen molar-refractivity contribution >= 4 is 27.9 Å². The second-order valence-electron chi connectivity index (χ2n) is 3.04. The Morgan fingerprint density at radius 3 is 2.56 bits per heavy atom. The average Bonchev–Trinajstić information content (AvgIpc) is 2.21. The average molecular weight is 287 g/mol. The molecule has 5 heteroatoms. The minimum atomic E-state index is -1.28. The maximum absolute atomic E-state index is 11.5. The molecule has 1 aromatic rings. The van der Waals surface area contributed by atoms with Crippen molar-refractivity contribution in [1.29, 1.82) is 0 Å². The number of aliphatic carboxylic acids is 1. The number of carbonyl (C=O) groups excluding carboxylic acids is 1. The standard InChI is InChI=1S/C11H11BrO4/c1-2-16-11(15)9(10(13)14)7-5-3-4-6-8(7)12/h3-6,9H,2H2,1H3,(H,13,14). The molecule has 0 aliphatic carbocycles. The van der Waals surface area contributed by atoms with Gasteiger partial charge in [0.05, 0.1) is 6.61 Å². The number of benzene rings is 1. The van der Waals surface area contributed by atoms with E-state index in [2.05, 4.69) is 15.9 Å². The molecule has 0 amide bonds. The second kappa shape index (κ2) is 5.65. The summed E-state index contributed by atoms with van der Waals surface area (Å²) in [7, 11) is 0. The van der Waals surface area contributed by atoms with E-state index in [9.17, 15) is 9.59 Å². The molecule has 0 spiro atoms. The van der Waals surface area contributed by atoms with Gasteiger partial charge in [-0.05, 0) is 18.6 Å². The van der Waals surface area contributed by atoms with Crippen LogP contribution in [0.4, 0.5) is 0 Å². The van der Waals surface area contributed by atoms with E-state index in [0.717, 1.165) is 0 Å². The maximum Gasteiger partial charge on any atom is 0.324 e. The monoisotopic (exact) mass is 286 g/mol. The summed E-state index contributed by atoms with van der Waals surface area (Å²) in [5.41, 5.74) is 0.397. The highest BCUT2D eigenvalue weighted by atomic mass is 79.9. The Labute approximate surface area is 101 Å². The molecule has 1 aromatic carbocycles. The second-order valence-corrected chi connectivity index (χ2v) is 3.90. The van der Waals surface area contributed by atoms with Crippen molar-refractivity contribution in [2.75, 3.05) is 6.61 Å². The lowest BCUT2D eigenvalue weighted by Crippen LogP contribution is -2.24. The van der Waals surface area contributed by atoms with Crippen LogP contribution in [0.15, 0.2) is 28.7 Å². The summed E-state index contributed by atoms with van der Waals surface area (Å²) in [6.45, 7) is 1.80. The Bertz CT molecular complexity index is 403. The van der Waals surface area contributed by atoms with Crippen LogP contribution in [0.3, 0.4) is 0 Å². The van der Waals surface area contributed by atoms with Crippen LogP contribution in [0.1, 0.15) is 18.4 Å². The minimum absolute atomic E-state index is 0.160. The molecule has 0 fully saturated rings. The topological polar surface area (TPSA) is 63.6 Å². The van der Waals surface area contributed by atoms with Gasteiger partial charge < -0.3 is 9.84 Å². The third-order valence-corrected chi connectivity index (χ3v) is 2.71. The van der Waals surface area contributed by atoms with Gasteiger partial charge in [-0.2, -0.15) is 0 Å². The molecule has 1 N–H and O–H groups in total. The van der Waals surface area contributed by atoms with E-state index in [-0.39, 0.29) is 6.61 Å². The summed E-state index contributed by atoms with van der Waals surface area (Å²) < 4.78 is 5.31. The van der Waals surface area contributed by atoms with Crippen molar-refractivity contribution in [1.82, 2.24) is 0 Å². The number of halogens is 1. The Balaban J connectivity index is 3.08. The van der Waals surface area contributed by atoms with Gasteiger partial charge in [0.25, 0.3) is 0 Å². The Kier molecular flexibility index (Phi) is 4.49. The van der Waals surface area contributed by atoms with Crippen LogP contribution in [-0.4, -0.2) is 23.7 Å². The normalized spacial score (nSPS) is 11.9. The van der Waals surface area contributed by atoms with Gasteiger partial charge in [0, 0.05) is 4.47 Å². The van der Waals surface area contributed by atoms with Gasteiger partial charge in [0.15, 0.2) is 5.92 Å². The summed E-state index contributed by atoms with van der Waals surface area (Å²) >= 11 is 3.21. The van der Waals surface area contributed by atoms with Crippen molar-refractivity contribution in [2.24, 2.45) is 0 Å². The van der Waals surface area contributed by atoms with Crippen molar-refractivity contribution in [2.45, 2.75) is 12.8 Å². The Hall–Kier alpha value is -1.36. The number of esters is 1. The van der Waals surface area contributed by atoms with Crippen LogP contribution < -0.4 is 0 Å². The van der Waals surface area contributed by atoms with E-state index in [1.807, 2.05) is 0 Å². The third-order valence-electron chi connectivity index (χ3n) is 1.99. The van der Waals surface area contributed by atoms with Gasteiger partial charge >= 0.3 is 11.9 Å². The van der Waals surface area contributed by atoms with E-state index in [1.165, 1.54) is 0 Å². The van der Waals surface area contributed by atoms with Gasteiger partial charge in [-0.1, -0.05) is 34.1 Å². The summed E-state index contributed by atoms with van der Waals surface area (Å²) in [4.78, 5) is 22.6. The number of hydrogen-bond acceptors (Lipinski definition) is 3. The fraction of sp³-hybridized carbons (Fsp3) is 0.273. The molecule has 0 radical (unpaired) electrons. The lowest BCUT2D eigenvalue weighted by molar-refractivity contribution is -0.153. The molecule has 4 nitrogen and oxygen atoms in total. The van der Waals surface area contributed by atoms with E-state index >= 15 is 0 Å². The predicted octanol–water partition coefficient (Wildman–Crippen LogP) is 2.18. The zero-order chi connectivity index (χ0) is 12.1. The fourth-order valence-corrected chi connectivity index (χ4v) is 1.81. The molecule has 0 bridgehead atoms. The molecule has 0 saturated carbocycles. The van der Waals surface area contributed by atoms with Gasteiger partial charge in [0.1, 0.15) is 0 Å². The van der Waals surface area contributed by atoms with Gasteiger partial charge in [0.2, 0.25) is 0 Å². The smallest absolute Gasteiger partial charge is 0.324 e. The lowest BCUT2D eigenvalue weighted by Gasteiger charge is -2.12. The van der Waals surface area contributed by atoms with E-state index in [0.29, 0.717) is 10.0 Å². The number of hydrogen-bond donors (Lipinski definition) is 1. The van der Waals surface area contributed by atoms with Gasteiger partial charge in [-0.25, -0.2) is 0 Å². The zero-order valence-electron chi connectivity index (χ0n) is 8.64. The number of carboxylic acid groups (broad SMARTS) is 1. The van der Waals surface area contributed by atoms with E-state index in [1.54, 1.807) is 31.2 Å². The third kappa shape index (κ3) is 2.82. The van der Waals surface area contributed by atoms with Crippen LogP contribution in [-0.2, 0) is 14.3 Å². The van der Waals surface area contributed by atoms with Crippen molar-refractivity contribution in [3.05, 3.63) is 34.3 Å². The first-order chi connectivity index (χ1) is 7.57. The summed E-state index contributed by atoms with van der Waals surface area (Å²) in [5.74, 6) is -3.25. The quantitative estimate of drug-likeness (QED) is 0.681. The van der Waals surface area contributed by atoms with Crippen LogP contribution in [0.2, 0.25) is 0 Å². The molecule has 16 heavy (non-hydrogen) atoms.